The first-order valence-corrected chi connectivity index (χ1v) is 6.87. The molecular formula is C15H23NO3. The van der Waals surface area contributed by atoms with Crippen molar-refractivity contribution >= 4 is 11.7 Å². The first kappa shape index (κ1) is 15.3. The quantitative estimate of drug-likeness (QED) is 0.733. The molecular weight excluding hydrogens is 242 g/mol. The molecule has 0 fully saturated rings. The molecule has 0 heterocycles. The van der Waals surface area contributed by atoms with Gasteiger partial charge in [0.15, 0.2) is 0 Å². The van der Waals surface area contributed by atoms with Crippen LogP contribution in [0.25, 0.3) is 0 Å². The molecule has 1 N–H and O–H groups in total. The van der Waals surface area contributed by atoms with Crippen molar-refractivity contribution < 1.29 is 14.3 Å². The predicted molar refractivity (Wildman–Crippen MR) is 76.6 cm³/mol. The lowest BCUT2D eigenvalue weighted by atomic mass is 10.1. The minimum atomic E-state index is -0.327. The van der Waals surface area contributed by atoms with Crippen molar-refractivity contribution in [2.45, 2.75) is 39.7 Å². The van der Waals surface area contributed by atoms with Crippen LogP contribution in [0.5, 0.6) is 5.75 Å². The van der Waals surface area contributed by atoms with Crippen molar-refractivity contribution in [1.29, 1.82) is 0 Å². The summed E-state index contributed by atoms with van der Waals surface area (Å²) in [7, 11) is 0. The van der Waals surface area contributed by atoms with Gasteiger partial charge in [0.25, 0.3) is 0 Å². The predicted octanol–water partition coefficient (Wildman–Crippen LogP) is 3.23. The molecule has 1 aromatic carbocycles. The van der Waals surface area contributed by atoms with Crippen molar-refractivity contribution in [2.75, 3.05) is 18.5 Å². The van der Waals surface area contributed by atoms with Gasteiger partial charge in [-0.25, -0.2) is 4.79 Å². The highest BCUT2D eigenvalue weighted by Crippen LogP contribution is 2.25. The third kappa shape index (κ3) is 4.81. The Kier molecular flexibility index (Phi) is 6.79. The minimum Gasteiger partial charge on any atom is -0.492 e. The number of anilines is 1. The van der Waals surface area contributed by atoms with Gasteiger partial charge in [-0.15, -0.1) is 0 Å². The van der Waals surface area contributed by atoms with Crippen LogP contribution >= 0.6 is 0 Å². The summed E-state index contributed by atoms with van der Waals surface area (Å²) >= 11 is 0. The normalized spacial score (nSPS) is 11.7. The molecule has 1 unspecified atom stereocenters. The molecule has 4 nitrogen and oxygen atoms in total. The number of hydrogen-bond donors (Lipinski definition) is 1. The zero-order valence-electron chi connectivity index (χ0n) is 11.9. The Balaban J connectivity index is 2.80. The van der Waals surface area contributed by atoms with E-state index in [4.69, 9.17) is 9.47 Å². The van der Waals surface area contributed by atoms with Gasteiger partial charge in [-0.05, 0) is 32.4 Å². The number of rotatable bonds is 8. The molecule has 1 atom stereocenters. The van der Waals surface area contributed by atoms with Crippen LogP contribution in [0, 0.1) is 0 Å². The number of nitrogens with one attached hydrogen (secondary N) is 1. The fourth-order valence-corrected chi connectivity index (χ4v) is 1.84. The van der Waals surface area contributed by atoms with Crippen LogP contribution in [0.3, 0.4) is 0 Å². The summed E-state index contributed by atoms with van der Waals surface area (Å²) in [4.78, 5) is 11.9. The molecule has 1 rings (SSSR count). The average molecular weight is 265 g/mol. The SMILES string of the molecule is CCCC(Nc1ccccc1OCC)C(=O)OCC. The van der Waals surface area contributed by atoms with Crippen molar-refractivity contribution in [3.05, 3.63) is 24.3 Å². The number of esters is 1. The summed E-state index contributed by atoms with van der Waals surface area (Å²) in [6, 6.07) is 7.30. The highest BCUT2D eigenvalue weighted by atomic mass is 16.5. The van der Waals surface area contributed by atoms with E-state index in [-0.39, 0.29) is 12.0 Å². The lowest BCUT2D eigenvalue weighted by Gasteiger charge is -2.19. The molecule has 0 amide bonds. The average Bonchev–Trinajstić information content (AvgIpc) is 2.41. The van der Waals surface area contributed by atoms with Gasteiger partial charge in [0, 0.05) is 0 Å². The van der Waals surface area contributed by atoms with Gasteiger partial charge >= 0.3 is 5.97 Å². The monoisotopic (exact) mass is 265 g/mol. The Bertz CT molecular complexity index is 393. The van der Waals surface area contributed by atoms with Crippen molar-refractivity contribution in [3.63, 3.8) is 0 Å². The molecule has 0 saturated heterocycles. The summed E-state index contributed by atoms with van der Waals surface area (Å²) < 4.78 is 10.6. The zero-order valence-corrected chi connectivity index (χ0v) is 11.9. The molecule has 0 spiro atoms. The second-order valence-corrected chi connectivity index (χ2v) is 4.17. The van der Waals surface area contributed by atoms with E-state index in [2.05, 4.69) is 5.32 Å². The van der Waals surface area contributed by atoms with Gasteiger partial charge in [-0.1, -0.05) is 25.5 Å². The second kappa shape index (κ2) is 8.40. The highest BCUT2D eigenvalue weighted by Gasteiger charge is 2.19. The fraction of sp³-hybridized carbons (Fsp3) is 0.533. The molecule has 0 aliphatic heterocycles. The first-order chi connectivity index (χ1) is 9.22. The van der Waals surface area contributed by atoms with Crippen LogP contribution in [-0.2, 0) is 9.53 Å². The van der Waals surface area contributed by atoms with Gasteiger partial charge in [0.1, 0.15) is 11.8 Å². The number of hydrogen-bond acceptors (Lipinski definition) is 4. The summed E-state index contributed by atoms with van der Waals surface area (Å²) in [5, 5.41) is 3.22. The van der Waals surface area contributed by atoms with Crippen LogP contribution < -0.4 is 10.1 Å². The Hall–Kier alpha value is -1.71. The largest absolute Gasteiger partial charge is 0.492 e. The van der Waals surface area contributed by atoms with E-state index in [1.54, 1.807) is 0 Å². The van der Waals surface area contributed by atoms with Crippen LogP contribution in [0.15, 0.2) is 24.3 Å². The van der Waals surface area contributed by atoms with E-state index in [0.29, 0.717) is 13.2 Å². The number of benzene rings is 1. The van der Waals surface area contributed by atoms with Crippen LogP contribution in [0.4, 0.5) is 5.69 Å². The number of carbonyl (C=O) groups is 1. The van der Waals surface area contributed by atoms with Gasteiger partial charge in [-0.2, -0.15) is 0 Å². The zero-order chi connectivity index (χ0) is 14.1. The van der Waals surface area contributed by atoms with E-state index >= 15 is 0 Å². The van der Waals surface area contributed by atoms with Crippen LogP contribution in [0.2, 0.25) is 0 Å². The molecule has 0 aliphatic rings. The van der Waals surface area contributed by atoms with E-state index in [0.717, 1.165) is 24.3 Å². The highest BCUT2D eigenvalue weighted by molar-refractivity contribution is 5.80. The maximum atomic E-state index is 11.9. The Morgan fingerprint density at radius 2 is 1.95 bits per heavy atom. The van der Waals surface area contributed by atoms with Crippen LogP contribution in [0.1, 0.15) is 33.6 Å². The molecule has 0 aliphatic carbocycles. The second-order valence-electron chi connectivity index (χ2n) is 4.17. The fourth-order valence-electron chi connectivity index (χ4n) is 1.84. The topological polar surface area (TPSA) is 47.6 Å². The molecule has 1 aromatic rings. The molecule has 4 heteroatoms. The number of ether oxygens (including phenoxy) is 2. The summed E-state index contributed by atoms with van der Waals surface area (Å²) in [5.74, 6) is 0.547. The third-order valence-corrected chi connectivity index (χ3v) is 2.67. The van der Waals surface area contributed by atoms with Gasteiger partial charge in [0.2, 0.25) is 0 Å². The Morgan fingerprint density at radius 1 is 1.21 bits per heavy atom. The van der Waals surface area contributed by atoms with Gasteiger partial charge in [-0.3, -0.25) is 0 Å². The molecule has 0 aromatic heterocycles. The molecule has 0 radical (unpaired) electrons. The molecule has 19 heavy (non-hydrogen) atoms. The van der Waals surface area contributed by atoms with E-state index in [1.807, 2.05) is 45.0 Å². The minimum absolute atomic E-state index is 0.212. The van der Waals surface area contributed by atoms with Gasteiger partial charge in [0.05, 0.1) is 18.9 Å². The first-order valence-electron chi connectivity index (χ1n) is 6.87. The number of para-hydroxylation sites is 2. The van der Waals surface area contributed by atoms with E-state index in [9.17, 15) is 4.79 Å². The van der Waals surface area contributed by atoms with E-state index in [1.165, 1.54) is 0 Å². The van der Waals surface area contributed by atoms with Gasteiger partial charge < -0.3 is 14.8 Å². The van der Waals surface area contributed by atoms with Crippen LogP contribution in [-0.4, -0.2) is 25.2 Å². The maximum Gasteiger partial charge on any atom is 0.328 e. The van der Waals surface area contributed by atoms with E-state index < -0.39 is 0 Å². The summed E-state index contributed by atoms with van der Waals surface area (Å²) in [6.07, 6.45) is 1.65. The smallest absolute Gasteiger partial charge is 0.328 e. The maximum absolute atomic E-state index is 11.9. The lowest BCUT2D eigenvalue weighted by Crippen LogP contribution is -2.31. The summed E-state index contributed by atoms with van der Waals surface area (Å²) in [5.41, 5.74) is 0.829. The van der Waals surface area contributed by atoms with Crippen molar-refractivity contribution in [2.24, 2.45) is 0 Å². The molecule has 0 saturated carbocycles. The molecule has 0 bridgehead atoms. The standard InChI is InChI=1S/C15H23NO3/c1-4-9-13(15(17)19-6-3)16-12-10-7-8-11-14(12)18-5-2/h7-8,10-11,13,16H,4-6,9H2,1-3H3. The lowest BCUT2D eigenvalue weighted by molar-refractivity contribution is -0.144. The third-order valence-electron chi connectivity index (χ3n) is 2.67. The van der Waals surface area contributed by atoms with Crippen molar-refractivity contribution in [1.82, 2.24) is 0 Å². The van der Waals surface area contributed by atoms with Crippen molar-refractivity contribution in [3.8, 4) is 5.75 Å². The Morgan fingerprint density at radius 3 is 2.58 bits per heavy atom. The summed E-state index contributed by atoms with van der Waals surface area (Å²) in [6.45, 7) is 6.79. The number of carbonyl (C=O) groups excluding carboxylic acids is 1. The molecule has 106 valence electrons. The Labute approximate surface area is 115 Å².